The van der Waals surface area contributed by atoms with E-state index in [0.29, 0.717) is 29.1 Å². The third kappa shape index (κ3) is 5.20. The normalized spacial score (nSPS) is 25.0. The van der Waals surface area contributed by atoms with Gasteiger partial charge in [-0.05, 0) is 43.9 Å². The summed E-state index contributed by atoms with van der Waals surface area (Å²) in [6, 6.07) is 0.528. The first-order valence-corrected chi connectivity index (χ1v) is 8.38. The Bertz CT molecular complexity index is 314. The van der Waals surface area contributed by atoms with Gasteiger partial charge in [-0.1, -0.05) is 34.6 Å². The fourth-order valence-corrected chi connectivity index (χ4v) is 3.32. The van der Waals surface area contributed by atoms with Crippen molar-refractivity contribution in [1.82, 2.24) is 4.90 Å². The molecule has 1 saturated carbocycles. The molecule has 1 rings (SSSR count). The van der Waals surface area contributed by atoms with Crippen molar-refractivity contribution in [1.29, 1.82) is 0 Å². The minimum Gasteiger partial charge on any atom is -0.300 e. The lowest BCUT2D eigenvalue weighted by Crippen LogP contribution is -2.43. The number of hydrogen-bond acceptors (Lipinski definition) is 2. The lowest BCUT2D eigenvalue weighted by molar-refractivity contribution is -0.127. The largest absolute Gasteiger partial charge is 0.300 e. The van der Waals surface area contributed by atoms with E-state index in [1.165, 1.54) is 0 Å². The zero-order valence-electron chi connectivity index (χ0n) is 14.7. The molecule has 1 fully saturated rings. The topological polar surface area (TPSA) is 20.3 Å². The fourth-order valence-electron chi connectivity index (χ4n) is 3.32. The lowest BCUT2D eigenvalue weighted by atomic mass is 9.68. The summed E-state index contributed by atoms with van der Waals surface area (Å²) in [5.74, 6) is 2.11. The SMILES string of the molecule is CC(C)CN(CC1CC(C(C)(C)C)CCC1=O)C(C)C. The highest BCUT2D eigenvalue weighted by molar-refractivity contribution is 5.82. The van der Waals surface area contributed by atoms with E-state index in [4.69, 9.17) is 0 Å². The first kappa shape index (κ1) is 17.7. The van der Waals surface area contributed by atoms with Gasteiger partial charge in [0.1, 0.15) is 5.78 Å². The second-order valence-electron chi connectivity index (χ2n) is 8.44. The van der Waals surface area contributed by atoms with Crippen LogP contribution in [0.15, 0.2) is 0 Å². The number of nitrogens with zero attached hydrogens (tertiary/aromatic N) is 1. The predicted octanol–water partition coefficient (Wildman–Crippen LogP) is 4.38. The Hall–Kier alpha value is -0.370. The molecule has 2 unspecified atom stereocenters. The molecular weight excluding hydrogens is 246 g/mol. The summed E-state index contributed by atoms with van der Waals surface area (Å²) in [7, 11) is 0. The van der Waals surface area contributed by atoms with Crippen molar-refractivity contribution in [3.63, 3.8) is 0 Å². The molecular formula is C18H35NO. The van der Waals surface area contributed by atoms with E-state index in [-0.39, 0.29) is 5.92 Å². The van der Waals surface area contributed by atoms with Gasteiger partial charge in [-0.25, -0.2) is 0 Å². The Balaban J connectivity index is 2.69. The average molecular weight is 281 g/mol. The number of ketones is 1. The highest BCUT2D eigenvalue weighted by atomic mass is 16.1. The molecule has 0 aliphatic heterocycles. The number of rotatable bonds is 5. The number of Topliss-reactive ketones (excluding diaryl/α,β-unsaturated/α-hetero) is 1. The second-order valence-corrected chi connectivity index (χ2v) is 8.44. The second kappa shape index (κ2) is 7.06. The van der Waals surface area contributed by atoms with E-state index >= 15 is 0 Å². The van der Waals surface area contributed by atoms with E-state index in [1.807, 2.05) is 0 Å². The van der Waals surface area contributed by atoms with Gasteiger partial charge in [-0.2, -0.15) is 0 Å². The standard InChI is InChI=1S/C18H35NO/c1-13(2)11-19(14(3)4)12-15-10-16(18(5,6)7)8-9-17(15)20/h13-16H,8-12H2,1-7H3. The zero-order chi connectivity index (χ0) is 15.5. The van der Waals surface area contributed by atoms with Gasteiger partial charge in [0, 0.05) is 31.5 Å². The van der Waals surface area contributed by atoms with Crippen LogP contribution in [-0.2, 0) is 4.79 Å². The summed E-state index contributed by atoms with van der Waals surface area (Å²) in [5.41, 5.74) is 0.333. The van der Waals surface area contributed by atoms with E-state index in [0.717, 1.165) is 32.4 Å². The summed E-state index contributed by atoms with van der Waals surface area (Å²) < 4.78 is 0. The molecule has 0 aromatic heterocycles. The van der Waals surface area contributed by atoms with Crippen molar-refractivity contribution in [2.24, 2.45) is 23.2 Å². The van der Waals surface area contributed by atoms with Crippen LogP contribution in [0.4, 0.5) is 0 Å². The van der Waals surface area contributed by atoms with Crippen LogP contribution in [0.5, 0.6) is 0 Å². The monoisotopic (exact) mass is 281 g/mol. The maximum absolute atomic E-state index is 12.3. The zero-order valence-corrected chi connectivity index (χ0v) is 14.7. The maximum atomic E-state index is 12.3. The molecule has 20 heavy (non-hydrogen) atoms. The molecule has 2 nitrogen and oxygen atoms in total. The van der Waals surface area contributed by atoms with E-state index in [2.05, 4.69) is 53.4 Å². The Morgan fingerprint density at radius 2 is 1.80 bits per heavy atom. The fraction of sp³-hybridized carbons (Fsp3) is 0.944. The first-order valence-electron chi connectivity index (χ1n) is 8.38. The van der Waals surface area contributed by atoms with Crippen LogP contribution in [0.2, 0.25) is 0 Å². The molecule has 1 aliphatic rings. The Morgan fingerprint density at radius 1 is 1.20 bits per heavy atom. The molecule has 0 saturated heterocycles. The number of carbonyl (C=O) groups excluding carboxylic acids is 1. The highest BCUT2D eigenvalue weighted by Crippen LogP contribution is 2.39. The van der Waals surface area contributed by atoms with Crippen LogP contribution in [-0.4, -0.2) is 29.8 Å². The third-order valence-corrected chi connectivity index (χ3v) is 4.77. The third-order valence-electron chi connectivity index (χ3n) is 4.77. The molecule has 0 amide bonds. The molecule has 0 bridgehead atoms. The van der Waals surface area contributed by atoms with Crippen LogP contribution in [0, 0.1) is 23.2 Å². The molecule has 0 heterocycles. The quantitative estimate of drug-likeness (QED) is 0.745. The highest BCUT2D eigenvalue weighted by Gasteiger charge is 2.35. The molecule has 2 atom stereocenters. The van der Waals surface area contributed by atoms with E-state index in [1.54, 1.807) is 0 Å². The Labute approximate surface area is 126 Å². The van der Waals surface area contributed by atoms with Crippen LogP contribution in [0.25, 0.3) is 0 Å². The van der Waals surface area contributed by atoms with Crippen molar-refractivity contribution >= 4 is 5.78 Å². The summed E-state index contributed by atoms with van der Waals surface area (Å²) in [5, 5.41) is 0. The molecule has 1 aliphatic carbocycles. The number of carbonyl (C=O) groups is 1. The molecule has 2 heteroatoms. The van der Waals surface area contributed by atoms with Gasteiger partial charge in [0.15, 0.2) is 0 Å². The van der Waals surface area contributed by atoms with Crippen molar-refractivity contribution < 1.29 is 4.79 Å². The summed E-state index contributed by atoms with van der Waals surface area (Å²) in [4.78, 5) is 14.8. The van der Waals surface area contributed by atoms with Crippen molar-refractivity contribution in [2.75, 3.05) is 13.1 Å². The van der Waals surface area contributed by atoms with Gasteiger partial charge in [-0.3, -0.25) is 9.69 Å². The van der Waals surface area contributed by atoms with Crippen molar-refractivity contribution in [2.45, 2.75) is 73.8 Å². The van der Waals surface area contributed by atoms with Gasteiger partial charge in [0.2, 0.25) is 0 Å². The lowest BCUT2D eigenvalue weighted by Gasteiger charge is -2.39. The predicted molar refractivity (Wildman–Crippen MR) is 86.8 cm³/mol. The van der Waals surface area contributed by atoms with Crippen LogP contribution in [0.3, 0.4) is 0 Å². The van der Waals surface area contributed by atoms with Crippen molar-refractivity contribution in [3.05, 3.63) is 0 Å². The van der Waals surface area contributed by atoms with Gasteiger partial charge in [-0.15, -0.1) is 0 Å². The van der Waals surface area contributed by atoms with Gasteiger partial charge in [0.25, 0.3) is 0 Å². The molecule has 118 valence electrons. The van der Waals surface area contributed by atoms with Crippen LogP contribution in [0.1, 0.15) is 67.7 Å². The van der Waals surface area contributed by atoms with Crippen LogP contribution >= 0.6 is 0 Å². The maximum Gasteiger partial charge on any atom is 0.137 e. The number of hydrogen-bond donors (Lipinski definition) is 0. The molecule has 0 radical (unpaired) electrons. The Morgan fingerprint density at radius 3 is 2.25 bits per heavy atom. The van der Waals surface area contributed by atoms with E-state index < -0.39 is 0 Å². The molecule has 0 N–H and O–H groups in total. The van der Waals surface area contributed by atoms with Crippen molar-refractivity contribution in [3.8, 4) is 0 Å². The summed E-state index contributed by atoms with van der Waals surface area (Å²) in [6.45, 7) is 18.0. The Kier molecular flexibility index (Phi) is 6.25. The van der Waals surface area contributed by atoms with E-state index in [9.17, 15) is 4.79 Å². The summed E-state index contributed by atoms with van der Waals surface area (Å²) >= 11 is 0. The first-order chi connectivity index (χ1) is 9.11. The molecule has 0 spiro atoms. The minimum absolute atomic E-state index is 0.258. The van der Waals surface area contributed by atoms with Crippen LogP contribution < -0.4 is 0 Å². The minimum atomic E-state index is 0.258. The average Bonchev–Trinajstić information content (AvgIpc) is 2.28. The van der Waals surface area contributed by atoms with Gasteiger partial charge < -0.3 is 0 Å². The van der Waals surface area contributed by atoms with Gasteiger partial charge in [0.05, 0.1) is 0 Å². The smallest absolute Gasteiger partial charge is 0.137 e. The van der Waals surface area contributed by atoms with Gasteiger partial charge >= 0.3 is 0 Å². The molecule has 0 aromatic carbocycles. The molecule has 0 aromatic rings. The summed E-state index contributed by atoms with van der Waals surface area (Å²) in [6.07, 6.45) is 2.97.